The number of rotatable bonds is 4. The smallest absolute Gasteiger partial charge is 0.175 e. The Morgan fingerprint density at radius 3 is 2.68 bits per heavy atom. The Morgan fingerprint density at radius 2 is 2.11 bits per heavy atom. The van der Waals surface area contributed by atoms with Crippen molar-refractivity contribution in [3.63, 3.8) is 0 Å². The van der Waals surface area contributed by atoms with E-state index in [1.165, 1.54) is 6.26 Å². The van der Waals surface area contributed by atoms with E-state index in [9.17, 15) is 8.42 Å². The number of sulfone groups is 1. The number of nitrogens with one attached hydrogen (secondary N) is 1. The molecule has 1 N–H and O–H groups in total. The fraction of sp³-hybridized carbons (Fsp3) is 0.308. The Kier molecular flexibility index (Phi) is 3.91. The van der Waals surface area contributed by atoms with Crippen LogP contribution >= 0.6 is 11.3 Å². The quantitative estimate of drug-likeness (QED) is 0.942. The van der Waals surface area contributed by atoms with Crippen LogP contribution < -0.4 is 5.32 Å². The zero-order chi connectivity index (χ0) is 14.0. The zero-order valence-corrected chi connectivity index (χ0v) is 12.7. The normalized spacial score (nSPS) is 13.2. The maximum Gasteiger partial charge on any atom is 0.175 e. The molecule has 6 heteroatoms. The van der Waals surface area contributed by atoms with Crippen molar-refractivity contribution >= 4 is 26.9 Å². The summed E-state index contributed by atoms with van der Waals surface area (Å²) in [7, 11) is -3.19. The number of hydrogen-bond acceptors (Lipinski definition) is 5. The monoisotopic (exact) mass is 296 g/mol. The van der Waals surface area contributed by atoms with Crippen LogP contribution in [0.1, 0.15) is 24.2 Å². The Morgan fingerprint density at radius 1 is 1.37 bits per heavy atom. The van der Waals surface area contributed by atoms with Gasteiger partial charge in [-0.25, -0.2) is 13.4 Å². The highest BCUT2D eigenvalue weighted by Crippen LogP contribution is 2.24. The summed E-state index contributed by atoms with van der Waals surface area (Å²) >= 11 is 1.54. The van der Waals surface area contributed by atoms with E-state index in [0.29, 0.717) is 4.90 Å². The number of hydrogen-bond donors (Lipinski definition) is 1. The van der Waals surface area contributed by atoms with E-state index in [1.807, 2.05) is 25.3 Å². The lowest BCUT2D eigenvalue weighted by Crippen LogP contribution is -2.09. The molecular formula is C13H16N2O2S2. The average Bonchev–Trinajstić information content (AvgIpc) is 2.84. The number of anilines is 1. The molecular weight excluding hydrogens is 280 g/mol. The maximum absolute atomic E-state index is 11.6. The highest BCUT2D eigenvalue weighted by atomic mass is 32.2. The molecule has 0 fully saturated rings. The van der Waals surface area contributed by atoms with Crippen molar-refractivity contribution in [3.8, 4) is 0 Å². The van der Waals surface area contributed by atoms with E-state index in [0.717, 1.165) is 16.9 Å². The lowest BCUT2D eigenvalue weighted by molar-refractivity contribution is 0.602. The molecule has 19 heavy (non-hydrogen) atoms. The summed E-state index contributed by atoms with van der Waals surface area (Å²) in [4.78, 5) is 4.58. The summed E-state index contributed by atoms with van der Waals surface area (Å²) in [6.07, 6.45) is 1.21. The summed E-state index contributed by atoms with van der Waals surface area (Å²) in [5, 5.41) is 5.28. The van der Waals surface area contributed by atoms with E-state index in [-0.39, 0.29) is 6.04 Å². The van der Waals surface area contributed by atoms with E-state index >= 15 is 0 Å². The Hall–Kier alpha value is -1.40. The minimum absolute atomic E-state index is 0.0414. The Bertz CT molecular complexity index is 664. The molecule has 0 saturated carbocycles. The molecule has 4 nitrogen and oxygen atoms in total. The number of aromatic nitrogens is 1. The summed E-state index contributed by atoms with van der Waals surface area (Å²) < 4.78 is 23.1. The molecule has 1 aromatic heterocycles. The molecule has 1 aromatic carbocycles. The van der Waals surface area contributed by atoms with Gasteiger partial charge in [-0.15, -0.1) is 11.3 Å². The lowest BCUT2D eigenvalue weighted by atomic mass is 10.1. The van der Waals surface area contributed by atoms with Crippen molar-refractivity contribution in [1.82, 2.24) is 4.98 Å². The van der Waals surface area contributed by atoms with Gasteiger partial charge in [0.05, 0.1) is 22.1 Å². The van der Waals surface area contributed by atoms with Crippen LogP contribution in [0.2, 0.25) is 0 Å². The zero-order valence-electron chi connectivity index (χ0n) is 11.0. The van der Waals surface area contributed by atoms with Crippen LogP contribution in [0.3, 0.4) is 0 Å². The summed E-state index contributed by atoms with van der Waals surface area (Å²) in [5.74, 6) is 0. The minimum atomic E-state index is -3.19. The number of aryl methyl sites for hydroxylation is 1. The molecule has 0 aliphatic carbocycles. The molecule has 1 unspecified atom stereocenters. The topological polar surface area (TPSA) is 59.1 Å². The highest BCUT2D eigenvalue weighted by molar-refractivity contribution is 7.90. The van der Waals surface area contributed by atoms with Gasteiger partial charge in [-0.2, -0.15) is 0 Å². The summed E-state index contributed by atoms with van der Waals surface area (Å²) in [6, 6.07) is 5.16. The molecule has 0 spiro atoms. The Balaban J connectivity index is 2.30. The largest absolute Gasteiger partial charge is 0.377 e. The van der Waals surface area contributed by atoms with Gasteiger partial charge < -0.3 is 5.32 Å². The predicted octanol–water partition coefficient (Wildman–Crippen LogP) is 3.03. The van der Waals surface area contributed by atoms with Gasteiger partial charge >= 0.3 is 0 Å². The molecule has 1 heterocycles. The highest BCUT2D eigenvalue weighted by Gasteiger charge is 2.12. The second-order valence-electron chi connectivity index (χ2n) is 4.53. The maximum atomic E-state index is 11.6. The first kappa shape index (κ1) is 14.0. The van der Waals surface area contributed by atoms with Crippen molar-refractivity contribution in [2.75, 3.05) is 11.6 Å². The molecule has 0 aliphatic heterocycles. The van der Waals surface area contributed by atoms with Crippen molar-refractivity contribution in [2.24, 2.45) is 0 Å². The molecule has 0 bridgehead atoms. The average molecular weight is 296 g/mol. The van der Waals surface area contributed by atoms with E-state index in [2.05, 4.69) is 10.3 Å². The first-order valence-corrected chi connectivity index (χ1v) is 8.66. The molecule has 0 radical (unpaired) electrons. The van der Waals surface area contributed by atoms with Gasteiger partial charge in [-0.3, -0.25) is 0 Å². The number of thiazole rings is 1. The van der Waals surface area contributed by atoms with Crippen molar-refractivity contribution in [2.45, 2.75) is 24.8 Å². The van der Waals surface area contributed by atoms with Gasteiger partial charge in [0.2, 0.25) is 0 Å². The van der Waals surface area contributed by atoms with Crippen LogP contribution in [0, 0.1) is 6.92 Å². The van der Waals surface area contributed by atoms with E-state index in [1.54, 1.807) is 29.0 Å². The molecule has 102 valence electrons. The van der Waals surface area contributed by atoms with Crippen LogP contribution in [0.4, 0.5) is 5.69 Å². The standard InChI is InChI=1S/C13H16N2O2S2/c1-9-4-5-11(19(3,16)17)6-12(9)15-10(2)13-7-18-8-14-13/h4-8,10,15H,1-3H3. The van der Waals surface area contributed by atoms with Crippen LogP contribution in [-0.2, 0) is 9.84 Å². The second kappa shape index (κ2) is 5.30. The van der Waals surface area contributed by atoms with Gasteiger partial charge in [0.25, 0.3) is 0 Å². The molecule has 0 aliphatic rings. The molecule has 0 saturated heterocycles. The van der Waals surface area contributed by atoms with Crippen LogP contribution in [0.5, 0.6) is 0 Å². The third-order valence-electron chi connectivity index (χ3n) is 2.90. The fourth-order valence-corrected chi connectivity index (χ4v) is 3.03. The first-order chi connectivity index (χ1) is 8.88. The summed E-state index contributed by atoms with van der Waals surface area (Å²) in [5.41, 5.74) is 4.57. The van der Waals surface area contributed by atoms with Crippen LogP contribution in [-0.4, -0.2) is 19.7 Å². The molecule has 2 aromatic rings. The lowest BCUT2D eigenvalue weighted by Gasteiger charge is -2.16. The van der Waals surface area contributed by atoms with Gasteiger partial charge in [0.15, 0.2) is 9.84 Å². The molecule has 2 rings (SSSR count). The number of nitrogens with zero attached hydrogens (tertiary/aromatic N) is 1. The third-order valence-corrected chi connectivity index (χ3v) is 4.62. The van der Waals surface area contributed by atoms with E-state index < -0.39 is 9.84 Å². The fourth-order valence-electron chi connectivity index (χ4n) is 1.73. The predicted molar refractivity (Wildman–Crippen MR) is 78.4 cm³/mol. The van der Waals surface area contributed by atoms with Crippen LogP contribution in [0.15, 0.2) is 34.0 Å². The SMILES string of the molecule is Cc1ccc(S(C)(=O)=O)cc1NC(C)c1cscn1. The molecule has 1 atom stereocenters. The van der Waals surface area contributed by atoms with Gasteiger partial charge in [0.1, 0.15) is 0 Å². The second-order valence-corrected chi connectivity index (χ2v) is 7.26. The third kappa shape index (κ3) is 3.33. The number of benzene rings is 1. The van der Waals surface area contributed by atoms with Crippen molar-refractivity contribution in [1.29, 1.82) is 0 Å². The van der Waals surface area contributed by atoms with Crippen molar-refractivity contribution in [3.05, 3.63) is 40.3 Å². The summed E-state index contributed by atoms with van der Waals surface area (Å²) in [6.45, 7) is 3.95. The van der Waals surface area contributed by atoms with Gasteiger partial charge in [-0.05, 0) is 31.5 Å². The first-order valence-electron chi connectivity index (χ1n) is 5.83. The van der Waals surface area contributed by atoms with Crippen molar-refractivity contribution < 1.29 is 8.42 Å². The van der Waals surface area contributed by atoms with Gasteiger partial charge in [0, 0.05) is 17.3 Å². The Labute approximate surface area is 117 Å². The minimum Gasteiger partial charge on any atom is -0.377 e. The molecule has 0 amide bonds. The van der Waals surface area contributed by atoms with Crippen LogP contribution in [0.25, 0.3) is 0 Å². The van der Waals surface area contributed by atoms with E-state index in [4.69, 9.17) is 0 Å². The van der Waals surface area contributed by atoms with Gasteiger partial charge in [-0.1, -0.05) is 6.07 Å².